The van der Waals surface area contributed by atoms with Crippen LogP contribution in [0.3, 0.4) is 0 Å². The van der Waals surface area contributed by atoms with Crippen molar-refractivity contribution in [1.29, 1.82) is 0 Å². The van der Waals surface area contributed by atoms with Gasteiger partial charge in [-0.3, -0.25) is 9.59 Å². The highest BCUT2D eigenvalue weighted by molar-refractivity contribution is 7.17. The predicted molar refractivity (Wildman–Crippen MR) is 113 cm³/mol. The molecule has 3 heterocycles. The SMILES string of the molecule is Cc1nc(-c2ccc(C(F)(F)F)cc2)sc1C(=O)N1CCC(C(=O)N2CCOCC2)CC1. The van der Waals surface area contributed by atoms with Gasteiger partial charge >= 0.3 is 6.18 Å². The van der Waals surface area contributed by atoms with E-state index < -0.39 is 11.7 Å². The number of piperidine rings is 1. The molecule has 2 saturated heterocycles. The average Bonchev–Trinajstić information content (AvgIpc) is 3.20. The number of aromatic nitrogens is 1. The molecule has 0 atom stereocenters. The first-order valence-electron chi connectivity index (χ1n) is 10.5. The zero-order valence-corrected chi connectivity index (χ0v) is 18.5. The lowest BCUT2D eigenvalue weighted by molar-refractivity contribution is -0.141. The Kier molecular flexibility index (Phi) is 6.52. The van der Waals surface area contributed by atoms with Gasteiger partial charge in [0.25, 0.3) is 5.91 Å². The fourth-order valence-corrected chi connectivity index (χ4v) is 5.07. The number of ether oxygens (including phenoxy) is 1. The Labute approximate surface area is 188 Å². The van der Waals surface area contributed by atoms with Crippen LogP contribution in [0, 0.1) is 12.8 Å². The maximum absolute atomic E-state index is 13.1. The smallest absolute Gasteiger partial charge is 0.378 e. The lowest BCUT2D eigenvalue weighted by Gasteiger charge is -2.35. The number of carbonyl (C=O) groups is 2. The average molecular weight is 468 g/mol. The Balaban J connectivity index is 1.40. The molecule has 0 bridgehead atoms. The molecule has 0 radical (unpaired) electrons. The maximum Gasteiger partial charge on any atom is 0.416 e. The van der Waals surface area contributed by atoms with Gasteiger partial charge in [0.05, 0.1) is 24.5 Å². The van der Waals surface area contributed by atoms with E-state index in [0.717, 1.165) is 12.1 Å². The second-order valence-electron chi connectivity index (χ2n) is 8.01. The monoisotopic (exact) mass is 467 g/mol. The maximum atomic E-state index is 13.1. The first-order chi connectivity index (χ1) is 15.2. The van der Waals surface area contributed by atoms with Crippen molar-refractivity contribution in [2.24, 2.45) is 5.92 Å². The highest BCUT2D eigenvalue weighted by atomic mass is 32.1. The number of benzene rings is 1. The second-order valence-corrected chi connectivity index (χ2v) is 9.01. The van der Waals surface area contributed by atoms with Crippen molar-refractivity contribution in [2.75, 3.05) is 39.4 Å². The molecule has 4 rings (SSSR count). The minimum atomic E-state index is -4.40. The summed E-state index contributed by atoms with van der Waals surface area (Å²) in [6.45, 7) is 5.07. The number of halogens is 3. The van der Waals surface area contributed by atoms with Gasteiger partial charge in [-0.05, 0) is 31.9 Å². The molecule has 2 aliphatic heterocycles. The number of alkyl halides is 3. The molecule has 1 aromatic carbocycles. The Morgan fingerprint density at radius 1 is 1.03 bits per heavy atom. The molecule has 10 heteroatoms. The molecule has 32 heavy (non-hydrogen) atoms. The largest absolute Gasteiger partial charge is 0.416 e. The van der Waals surface area contributed by atoms with E-state index in [1.54, 1.807) is 11.8 Å². The molecular formula is C22H24F3N3O3S. The van der Waals surface area contributed by atoms with Gasteiger partial charge in [0.2, 0.25) is 5.91 Å². The number of thiazole rings is 1. The molecule has 0 saturated carbocycles. The Morgan fingerprint density at radius 2 is 1.66 bits per heavy atom. The lowest BCUT2D eigenvalue weighted by Crippen LogP contribution is -2.47. The summed E-state index contributed by atoms with van der Waals surface area (Å²) in [7, 11) is 0. The zero-order valence-electron chi connectivity index (χ0n) is 17.7. The van der Waals surface area contributed by atoms with E-state index >= 15 is 0 Å². The summed E-state index contributed by atoms with van der Waals surface area (Å²) >= 11 is 1.18. The standard InChI is InChI=1S/C22H24F3N3O3S/c1-14-18(32-19(26-14)15-2-4-17(5-3-15)22(23,24)25)21(30)27-8-6-16(7-9-27)20(29)28-10-12-31-13-11-28/h2-5,16H,6-13H2,1H3. The number of aryl methyl sites for hydroxylation is 1. The summed E-state index contributed by atoms with van der Waals surface area (Å²) in [5, 5.41) is 0.511. The highest BCUT2D eigenvalue weighted by Gasteiger charge is 2.33. The molecule has 172 valence electrons. The highest BCUT2D eigenvalue weighted by Crippen LogP contribution is 2.33. The van der Waals surface area contributed by atoms with Gasteiger partial charge in [-0.15, -0.1) is 11.3 Å². The van der Waals surface area contributed by atoms with Crippen molar-refractivity contribution in [2.45, 2.75) is 25.9 Å². The van der Waals surface area contributed by atoms with Crippen LogP contribution in [0.15, 0.2) is 24.3 Å². The van der Waals surface area contributed by atoms with Gasteiger partial charge in [0.15, 0.2) is 0 Å². The van der Waals surface area contributed by atoms with E-state index in [-0.39, 0.29) is 17.7 Å². The van der Waals surface area contributed by atoms with Gasteiger partial charge in [-0.1, -0.05) is 12.1 Å². The van der Waals surface area contributed by atoms with E-state index in [2.05, 4.69) is 4.98 Å². The Morgan fingerprint density at radius 3 is 2.25 bits per heavy atom. The number of hydrogen-bond acceptors (Lipinski definition) is 5. The summed E-state index contributed by atoms with van der Waals surface area (Å²) < 4.78 is 43.7. The van der Waals surface area contributed by atoms with Crippen LogP contribution in [0.4, 0.5) is 13.2 Å². The third kappa shape index (κ3) is 4.80. The first kappa shape index (κ1) is 22.7. The molecule has 0 N–H and O–H groups in total. The van der Waals surface area contributed by atoms with E-state index in [4.69, 9.17) is 4.74 Å². The minimum Gasteiger partial charge on any atom is -0.378 e. The lowest BCUT2D eigenvalue weighted by atomic mass is 9.95. The van der Waals surface area contributed by atoms with Crippen LogP contribution >= 0.6 is 11.3 Å². The predicted octanol–water partition coefficient (Wildman–Crippen LogP) is 3.85. The number of morpholine rings is 1. The first-order valence-corrected chi connectivity index (χ1v) is 11.4. The van der Waals surface area contributed by atoms with Crippen LogP contribution in [-0.2, 0) is 15.7 Å². The second kappa shape index (κ2) is 9.19. The van der Waals surface area contributed by atoms with Crippen molar-refractivity contribution in [3.05, 3.63) is 40.4 Å². The van der Waals surface area contributed by atoms with Crippen molar-refractivity contribution >= 4 is 23.2 Å². The Bertz CT molecular complexity index is 977. The summed E-state index contributed by atoms with van der Waals surface area (Å²) in [5.74, 6) is -0.0863. The number of likely N-dealkylation sites (tertiary alicyclic amines) is 1. The van der Waals surface area contributed by atoms with E-state index in [9.17, 15) is 22.8 Å². The van der Waals surface area contributed by atoms with Crippen LogP contribution in [0.2, 0.25) is 0 Å². The van der Waals surface area contributed by atoms with Gasteiger partial charge in [0.1, 0.15) is 9.88 Å². The zero-order chi connectivity index (χ0) is 22.9. The molecule has 0 spiro atoms. The van der Waals surface area contributed by atoms with Crippen LogP contribution in [-0.4, -0.2) is 66.0 Å². The molecule has 0 unspecified atom stereocenters. The van der Waals surface area contributed by atoms with Crippen LogP contribution < -0.4 is 0 Å². The molecular weight excluding hydrogens is 443 g/mol. The van der Waals surface area contributed by atoms with Gasteiger partial charge in [0, 0.05) is 37.7 Å². The number of carbonyl (C=O) groups excluding carboxylic acids is 2. The van der Waals surface area contributed by atoms with Gasteiger partial charge in [-0.2, -0.15) is 13.2 Å². The summed E-state index contributed by atoms with van der Waals surface area (Å²) in [6.07, 6.45) is -3.16. The number of nitrogens with zero attached hydrogens (tertiary/aromatic N) is 3. The molecule has 2 aliphatic rings. The Hall–Kier alpha value is -2.46. The fourth-order valence-electron chi connectivity index (χ4n) is 4.04. The van der Waals surface area contributed by atoms with Crippen molar-refractivity contribution in [3.8, 4) is 10.6 Å². The third-order valence-corrected chi connectivity index (χ3v) is 7.10. The molecule has 2 fully saturated rings. The molecule has 6 nitrogen and oxygen atoms in total. The van der Waals surface area contributed by atoms with Crippen molar-refractivity contribution < 1.29 is 27.5 Å². The third-order valence-electron chi connectivity index (χ3n) is 5.90. The van der Waals surface area contributed by atoms with Crippen molar-refractivity contribution in [1.82, 2.24) is 14.8 Å². The fraction of sp³-hybridized carbons (Fsp3) is 0.500. The molecule has 1 aromatic heterocycles. The van der Waals surface area contributed by atoms with Crippen LogP contribution in [0.5, 0.6) is 0 Å². The number of hydrogen-bond donors (Lipinski definition) is 0. The van der Waals surface area contributed by atoms with Gasteiger partial charge < -0.3 is 14.5 Å². The summed E-state index contributed by atoms with van der Waals surface area (Å²) in [4.78, 5) is 34.2. The van der Waals surface area contributed by atoms with E-state index in [1.165, 1.54) is 23.5 Å². The molecule has 2 amide bonds. The number of amides is 2. The quantitative estimate of drug-likeness (QED) is 0.688. The van der Waals surface area contributed by atoms with Crippen LogP contribution in [0.1, 0.15) is 33.8 Å². The molecule has 2 aromatic rings. The summed E-state index contributed by atoms with van der Waals surface area (Å²) in [6, 6.07) is 4.78. The molecule has 0 aliphatic carbocycles. The normalized spacial score (nSPS) is 18.1. The topological polar surface area (TPSA) is 62.7 Å². The minimum absolute atomic E-state index is 0.0811. The van der Waals surface area contributed by atoms with E-state index in [0.29, 0.717) is 73.4 Å². The van der Waals surface area contributed by atoms with Gasteiger partial charge in [-0.25, -0.2) is 4.98 Å². The summed E-state index contributed by atoms with van der Waals surface area (Å²) in [5.41, 5.74) is 0.377. The van der Waals surface area contributed by atoms with Crippen molar-refractivity contribution in [3.63, 3.8) is 0 Å². The number of rotatable bonds is 3. The van der Waals surface area contributed by atoms with Crippen LogP contribution in [0.25, 0.3) is 10.6 Å². The van der Waals surface area contributed by atoms with E-state index in [1.807, 2.05) is 4.90 Å².